The highest BCUT2D eigenvalue weighted by atomic mass is 19.4. The van der Waals surface area contributed by atoms with Crippen LogP contribution in [0.1, 0.15) is 16.7 Å². The SMILES string of the molecule is N#Cc1ccc(Oc2cccc(CN3CCN(C(=O)Nc4noc5ccccc45)CC3)c2)cc1C(F)(F)F. The lowest BCUT2D eigenvalue weighted by atomic mass is 10.1. The van der Waals surface area contributed by atoms with Crippen LogP contribution in [-0.2, 0) is 12.7 Å². The van der Waals surface area contributed by atoms with Crippen molar-refractivity contribution in [1.82, 2.24) is 15.0 Å². The number of alkyl halides is 3. The van der Waals surface area contributed by atoms with E-state index < -0.39 is 17.3 Å². The number of carbonyl (C=O) groups excluding carboxylic acids is 1. The van der Waals surface area contributed by atoms with Gasteiger partial charge in [-0.3, -0.25) is 10.2 Å². The van der Waals surface area contributed by atoms with Gasteiger partial charge in [0.15, 0.2) is 11.4 Å². The third-order valence-corrected chi connectivity index (χ3v) is 6.22. The van der Waals surface area contributed by atoms with Gasteiger partial charge in [-0.05, 0) is 48.0 Å². The number of hydrogen-bond acceptors (Lipinski definition) is 6. The maximum absolute atomic E-state index is 13.3. The lowest BCUT2D eigenvalue weighted by molar-refractivity contribution is -0.137. The first-order chi connectivity index (χ1) is 18.3. The van der Waals surface area contributed by atoms with Crippen LogP contribution in [0.2, 0.25) is 0 Å². The van der Waals surface area contributed by atoms with Crippen molar-refractivity contribution in [3.63, 3.8) is 0 Å². The van der Waals surface area contributed by atoms with Crippen molar-refractivity contribution in [2.75, 3.05) is 31.5 Å². The van der Waals surface area contributed by atoms with Crippen molar-refractivity contribution in [2.24, 2.45) is 0 Å². The zero-order valence-corrected chi connectivity index (χ0v) is 20.0. The number of ether oxygens (including phenoxy) is 1. The highest BCUT2D eigenvalue weighted by Crippen LogP contribution is 2.35. The Kier molecular flexibility index (Phi) is 6.89. The van der Waals surface area contributed by atoms with E-state index in [-0.39, 0.29) is 11.8 Å². The first-order valence-corrected chi connectivity index (χ1v) is 11.8. The number of urea groups is 1. The molecule has 2 heterocycles. The first kappa shape index (κ1) is 25.1. The highest BCUT2D eigenvalue weighted by Gasteiger charge is 2.34. The molecule has 38 heavy (non-hydrogen) atoms. The minimum Gasteiger partial charge on any atom is -0.457 e. The number of carbonyl (C=O) groups is 1. The van der Waals surface area contributed by atoms with E-state index in [0.29, 0.717) is 49.9 Å². The van der Waals surface area contributed by atoms with Crippen molar-refractivity contribution in [3.8, 4) is 17.6 Å². The Morgan fingerprint density at radius 1 is 1.03 bits per heavy atom. The van der Waals surface area contributed by atoms with Gasteiger partial charge >= 0.3 is 12.2 Å². The average molecular weight is 521 g/mol. The maximum atomic E-state index is 13.3. The maximum Gasteiger partial charge on any atom is 0.417 e. The second-order valence-electron chi connectivity index (χ2n) is 8.79. The molecule has 11 heteroatoms. The van der Waals surface area contributed by atoms with Crippen LogP contribution in [0, 0.1) is 11.3 Å². The summed E-state index contributed by atoms with van der Waals surface area (Å²) in [7, 11) is 0. The Balaban J connectivity index is 1.17. The van der Waals surface area contributed by atoms with Crippen LogP contribution in [0.25, 0.3) is 11.0 Å². The molecule has 0 bridgehead atoms. The number of nitrogens with zero attached hydrogens (tertiary/aromatic N) is 4. The molecule has 0 atom stereocenters. The molecule has 1 aliphatic heterocycles. The molecule has 0 unspecified atom stereocenters. The minimum atomic E-state index is -4.66. The van der Waals surface area contributed by atoms with Crippen molar-refractivity contribution in [3.05, 3.63) is 83.4 Å². The standard InChI is InChI=1S/C27H22F3N5O3/c28-27(29,30)23-15-21(9-8-19(23)16-31)37-20-5-3-4-18(14-20)17-34-10-12-35(13-11-34)26(36)32-25-22-6-1-2-7-24(22)38-33-25/h1-9,14-15H,10-13,17H2,(H,32,33,36). The first-order valence-electron chi connectivity index (χ1n) is 11.8. The van der Waals surface area contributed by atoms with E-state index in [1.54, 1.807) is 35.2 Å². The molecule has 0 radical (unpaired) electrons. The Bertz CT molecular complexity index is 1500. The lowest BCUT2D eigenvalue weighted by Gasteiger charge is -2.34. The van der Waals surface area contributed by atoms with Crippen LogP contribution in [0.15, 0.2) is 71.3 Å². The van der Waals surface area contributed by atoms with Gasteiger partial charge in [0.1, 0.15) is 11.5 Å². The van der Waals surface area contributed by atoms with E-state index in [9.17, 15) is 18.0 Å². The average Bonchev–Trinajstić information content (AvgIpc) is 3.31. The molecule has 0 spiro atoms. The summed E-state index contributed by atoms with van der Waals surface area (Å²) >= 11 is 0. The Morgan fingerprint density at radius 2 is 1.79 bits per heavy atom. The fourth-order valence-electron chi connectivity index (χ4n) is 4.29. The number of fused-ring (bicyclic) bond motifs is 1. The second kappa shape index (κ2) is 10.4. The minimum absolute atomic E-state index is 0.00649. The summed E-state index contributed by atoms with van der Waals surface area (Å²) in [4.78, 5) is 16.6. The van der Waals surface area contributed by atoms with E-state index in [1.165, 1.54) is 6.07 Å². The van der Waals surface area contributed by atoms with E-state index in [0.717, 1.165) is 23.1 Å². The van der Waals surface area contributed by atoms with Gasteiger partial charge < -0.3 is 14.2 Å². The largest absolute Gasteiger partial charge is 0.457 e. The van der Waals surface area contributed by atoms with Crippen molar-refractivity contribution < 1.29 is 27.2 Å². The number of amides is 2. The fraction of sp³-hybridized carbons (Fsp3) is 0.222. The summed E-state index contributed by atoms with van der Waals surface area (Å²) in [6, 6.07) is 19.0. The number of aromatic nitrogens is 1. The van der Waals surface area contributed by atoms with E-state index in [1.807, 2.05) is 24.3 Å². The molecule has 1 fully saturated rings. The molecular formula is C27H22F3N5O3. The zero-order chi connectivity index (χ0) is 26.7. The summed E-state index contributed by atoms with van der Waals surface area (Å²) in [5, 5.41) is 16.5. The normalized spacial score (nSPS) is 14.3. The number of rotatable bonds is 5. The van der Waals surface area contributed by atoms with Crippen molar-refractivity contribution in [1.29, 1.82) is 5.26 Å². The molecule has 1 saturated heterocycles. The molecule has 0 saturated carbocycles. The molecule has 2 amide bonds. The van der Waals surface area contributed by atoms with Crippen LogP contribution in [0.5, 0.6) is 11.5 Å². The predicted molar refractivity (Wildman–Crippen MR) is 133 cm³/mol. The lowest BCUT2D eigenvalue weighted by Crippen LogP contribution is -2.49. The number of hydrogen-bond donors (Lipinski definition) is 1. The van der Waals surface area contributed by atoms with Gasteiger partial charge in [-0.15, -0.1) is 0 Å². The Hall–Kier alpha value is -4.56. The number of anilines is 1. The van der Waals surface area contributed by atoms with Gasteiger partial charge in [0.2, 0.25) is 0 Å². The van der Waals surface area contributed by atoms with Gasteiger partial charge in [0.05, 0.1) is 22.6 Å². The van der Waals surface area contributed by atoms with Crippen LogP contribution >= 0.6 is 0 Å². The van der Waals surface area contributed by atoms with Crippen molar-refractivity contribution in [2.45, 2.75) is 12.7 Å². The molecule has 1 N–H and O–H groups in total. The molecule has 1 aromatic heterocycles. The fourth-order valence-corrected chi connectivity index (χ4v) is 4.29. The number of para-hydroxylation sites is 1. The molecule has 5 rings (SSSR count). The van der Waals surface area contributed by atoms with E-state index in [2.05, 4.69) is 15.4 Å². The quantitative estimate of drug-likeness (QED) is 0.354. The smallest absolute Gasteiger partial charge is 0.417 e. The third-order valence-electron chi connectivity index (χ3n) is 6.22. The van der Waals surface area contributed by atoms with Crippen molar-refractivity contribution >= 4 is 22.8 Å². The molecule has 8 nitrogen and oxygen atoms in total. The second-order valence-corrected chi connectivity index (χ2v) is 8.79. The molecular weight excluding hydrogens is 499 g/mol. The number of nitrogens with one attached hydrogen (secondary N) is 1. The topological polar surface area (TPSA) is 94.6 Å². The summed E-state index contributed by atoms with van der Waals surface area (Å²) < 4.78 is 50.7. The molecule has 1 aliphatic rings. The van der Waals surface area contributed by atoms with Gasteiger partial charge in [-0.2, -0.15) is 18.4 Å². The van der Waals surface area contributed by atoms with Crippen LogP contribution in [0.3, 0.4) is 0 Å². The highest BCUT2D eigenvalue weighted by molar-refractivity contribution is 5.98. The summed E-state index contributed by atoms with van der Waals surface area (Å²) in [5.41, 5.74) is 0.0195. The van der Waals surface area contributed by atoms with Crippen LogP contribution in [-0.4, -0.2) is 47.2 Å². The molecule has 0 aliphatic carbocycles. The van der Waals surface area contributed by atoms with E-state index >= 15 is 0 Å². The van der Waals surface area contributed by atoms with Gasteiger partial charge in [-0.25, -0.2) is 4.79 Å². The number of nitriles is 1. The molecule has 194 valence electrons. The number of benzene rings is 3. The number of piperazine rings is 1. The van der Waals surface area contributed by atoms with E-state index in [4.69, 9.17) is 14.5 Å². The number of halogens is 3. The summed E-state index contributed by atoms with van der Waals surface area (Å²) in [6.07, 6.45) is -4.66. The Morgan fingerprint density at radius 3 is 2.55 bits per heavy atom. The Labute approximate surface area is 215 Å². The molecule has 4 aromatic rings. The molecule has 3 aromatic carbocycles. The van der Waals surface area contributed by atoms with Gasteiger partial charge in [-0.1, -0.05) is 29.4 Å². The summed E-state index contributed by atoms with van der Waals surface area (Å²) in [5.74, 6) is 0.764. The summed E-state index contributed by atoms with van der Waals surface area (Å²) in [6.45, 7) is 2.90. The van der Waals surface area contributed by atoms with Gasteiger partial charge in [0.25, 0.3) is 0 Å². The monoisotopic (exact) mass is 521 g/mol. The predicted octanol–water partition coefficient (Wildman–Crippen LogP) is 5.86. The van der Waals surface area contributed by atoms with Crippen LogP contribution in [0.4, 0.5) is 23.8 Å². The zero-order valence-electron chi connectivity index (χ0n) is 20.0. The van der Waals surface area contributed by atoms with Gasteiger partial charge in [0, 0.05) is 32.7 Å². The third kappa shape index (κ3) is 5.55. The van der Waals surface area contributed by atoms with Crippen LogP contribution < -0.4 is 10.1 Å².